The molecule has 1 saturated heterocycles. The molecule has 0 radical (unpaired) electrons. The summed E-state index contributed by atoms with van der Waals surface area (Å²) in [7, 11) is 0. The van der Waals surface area contributed by atoms with Gasteiger partial charge in [-0.2, -0.15) is 11.8 Å². The van der Waals surface area contributed by atoms with Crippen LogP contribution in [0.1, 0.15) is 30.5 Å². The van der Waals surface area contributed by atoms with Gasteiger partial charge >= 0.3 is 0 Å². The van der Waals surface area contributed by atoms with Crippen molar-refractivity contribution in [3.8, 4) is 0 Å². The van der Waals surface area contributed by atoms with Crippen molar-refractivity contribution < 1.29 is 0 Å². The lowest BCUT2D eigenvalue weighted by atomic mass is 9.97. The van der Waals surface area contributed by atoms with E-state index in [0.29, 0.717) is 6.04 Å². The maximum absolute atomic E-state index is 6.25. The molecule has 2 unspecified atom stereocenters. The second-order valence-corrected chi connectivity index (χ2v) is 6.44. The summed E-state index contributed by atoms with van der Waals surface area (Å²) >= 11 is 2.06. The van der Waals surface area contributed by atoms with Gasteiger partial charge in [0.1, 0.15) is 0 Å². The van der Waals surface area contributed by atoms with Crippen molar-refractivity contribution in [1.29, 1.82) is 0 Å². The highest BCUT2D eigenvalue weighted by atomic mass is 32.2. The Labute approximate surface area is 115 Å². The van der Waals surface area contributed by atoms with E-state index in [2.05, 4.69) is 54.8 Å². The third-order valence-corrected chi connectivity index (χ3v) is 4.58. The van der Waals surface area contributed by atoms with E-state index in [0.717, 1.165) is 6.54 Å². The zero-order valence-corrected chi connectivity index (χ0v) is 12.2. The van der Waals surface area contributed by atoms with Gasteiger partial charge in [-0.3, -0.25) is 4.90 Å². The van der Waals surface area contributed by atoms with E-state index in [4.69, 9.17) is 5.73 Å². The number of benzene rings is 1. The summed E-state index contributed by atoms with van der Waals surface area (Å²) in [4.78, 5) is 2.57. The highest BCUT2D eigenvalue weighted by Gasteiger charge is 2.24. The van der Waals surface area contributed by atoms with Crippen molar-refractivity contribution in [3.63, 3.8) is 0 Å². The highest BCUT2D eigenvalue weighted by Crippen LogP contribution is 2.26. The molecule has 0 aromatic heterocycles. The summed E-state index contributed by atoms with van der Waals surface area (Å²) in [5.41, 5.74) is 8.95. The first kappa shape index (κ1) is 13.9. The zero-order valence-electron chi connectivity index (χ0n) is 11.4. The molecule has 0 amide bonds. The van der Waals surface area contributed by atoms with E-state index < -0.39 is 0 Å². The topological polar surface area (TPSA) is 29.3 Å². The highest BCUT2D eigenvalue weighted by molar-refractivity contribution is 7.99. The van der Waals surface area contributed by atoms with Crippen LogP contribution in [0.2, 0.25) is 0 Å². The van der Waals surface area contributed by atoms with Crippen molar-refractivity contribution in [1.82, 2.24) is 4.90 Å². The van der Waals surface area contributed by atoms with Crippen LogP contribution in [0, 0.1) is 6.92 Å². The Kier molecular flexibility index (Phi) is 5.10. The van der Waals surface area contributed by atoms with Gasteiger partial charge in [0.15, 0.2) is 0 Å². The Morgan fingerprint density at radius 2 is 2.11 bits per heavy atom. The minimum Gasteiger partial charge on any atom is -0.326 e. The molecule has 18 heavy (non-hydrogen) atoms. The van der Waals surface area contributed by atoms with Gasteiger partial charge in [-0.15, -0.1) is 0 Å². The van der Waals surface area contributed by atoms with Crippen LogP contribution < -0.4 is 5.73 Å². The Balaban J connectivity index is 2.21. The van der Waals surface area contributed by atoms with Crippen LogP contribution in [0.25, 0.3) is 0 Å². The van der Waals surface area contributed by atoms with E-state index in [1.54, 1.807) is 0 Å². The van der Waals surface area contributed by atoms with E-state index in [1.807, 2.05) is 0 Å². The first-order chi connectivity index (χ1) is 8.68. The number of rotatable bonds is 3. The van der Waals surface area contributed by atoms with Crippen molar-refractivity contribution in [2.75, 3.05) is 24.6 Å². The minimum atomic E-state index is 0.176. The SMILES string of the molecule is Cc1cccc(C(C(C)N)N2CCCSCC2)c1. The first-order valence-corrected chi connectivity index (χ1v) is 7.98. The smallest absolute Gasteiger partial charge is 0.0496 e. The molecule has 2 rings (SSSR count). The minimum absolute atomic E-state index is 0.176. The molecular weight excluding hydrogens is 240 g/mol. The van der Waals surface area contributed by atoms with Gasteiger partial charge in [0.25, 0.3) is 0 Å². The lowest BCUT2D eigenvalue weighted by molar-refractivity contribution is 0.190. The van der Waals surface area contributed by atoms with Crippen LogP contribution in [0.5, 0.6) is 0 Å². The normalized spacial score (nSPS) is 21.3. The second kappa shape index (κ2) is 6.60. The van der Waals surface area contributed by atoms with E-state index >= 15 is 0 Å². The van der Waals surface area contributed by atoms with Crippen LogP contribution in [0.4, 0.5) is 0 Å². The molecule has 100 valence electrons. The molecule has 0 bridgehead atoms. The average Bonchev–Trinajstić information content (AvgIpc) is 2.58. The molecule has 1 aliphatic rings. The quantitative estimate of drug-likeness (QED) is 0.910. The van der Waals surface area contributed by atoms with Gasteiger partial charge < -0.3 is 5.73 Å². The van der Waals surface area contributed by atoms with Gasteiger partial charge in [-0.25, -0.2) is 0 Å². The molecule has 0 saturated carbocycles. The molecule has 1 aromatic rings. The number of hydrogen-bond acceptors (Lipinski definition) is 3. The predicted octanol–water partition coefficient (Wildman–Crippen LogP) is 2.82. The first-order valence-electron chi connectivity index (χ1n) is 6.82. The molecule has 2 atom stereocenters. The fourth-order valence-corrected chi connectivity index (χ4v) is 3.65. The van der Waals surface area contributed by atoms with Crippen LogP contribution in [-0.2, 0) is 0 Å². The van der Waals surface area contributed by atoms with E-state index in [9.17, 15) is 0 Å². The maximum Gasteiger partial charge on any atom is 0.0496 e. The number of thioether (sulfide) groups is 1. The van der Waals surface area contributed by atoms with Crippen molar-refractivity contribution in [3.05, 3.63) is 35.4 Å². The molecule has 2 N–H and O–H groups in total. The van der Waals surface area contributed by atoms with E-state index in [-0.39, 0.29) is 6.04 Å². The van der Waals surface area contributed by atoms with Crippen LogP contribution >= 0.6 is 11.8 Å². The summed E-state index contributed by atoms with van der Waals surface area (Å²) in [6.07, 6.45) is 1.28. The van der Waals surface area contributed by atoms with Crippen LogP contribution in [0.15, 0.2) is 24.3 Å². The fourth-order valence-electron chi connectivity index (χ4n) is 2.74. The van der Waals surface area contributed by atoms with Crippen LogP contribution in [-0.4, -0.2) is 35.5 Å². The van der Waals surface area contributed by atoms with Crippen molar-refractivity contribution >= 4 is 11.8 Å². The van der Waals surface area contributed by atoms with Gasteiger partial charge in [0.2, 0.25) is 0 Å². The predicted molar refractivity (Wildman–Crippen MR) is 81.1 cm³/mol. The maximum atomic E-state index is 6.25. The largest absolute Gasteiger partial charge is 0.326 e. The molecule has 1 fully saturated rings. The summed E-state index contributed by atoms with van der Waals surface area (Å²) < 4.78 is 0. The second-order valence-electron chi connectivity index (χ2n) is 5.22. The number of hydrogen-bond donors (Lipinski definition) is 1. The Hall–Kier alpha value is -0.510. The van der Waals surface area contributed by atoms with Gasteiger partial charge in [-0.05, 0) is 38.1 Å². The fraction of sp³-hybridized carbons (Fsp3) is 0.600. The molecule has 1 heterocycles. The third-order valence-electron chi connectivity index (χ3n) is 3.53. The van der Waals surface area contributed by atoms with Gasteiger partial charge in [0.05, 0.1) is 0 Å². The van der Waals surface area contributed by atoms with Gasteiger partial charge in [0, 0.05) is 24.4 Å². The third kappa shape index (κ3) is 3.50. The average molecular weight is 264 g/mol. The number of nitrogens with two attached hydrogens (primary N) is 1. The Morgan fingerprint density at radius 1 is 1.28 bits per heavy atom. The molecule has 2 nitrogen and oxygen atoms in total. The molecule has 1 aliphatic heterocycles. The lowest BCUT2D eigenvalue weighted by Gasteiger charge is -2.33. The summed E-state index contributed by atoms with van der Waals surface area (Å²) in [6.45, 7) is 6.61. The number of nitrogens with zero attached hydrogens (tertiary/aromatic N) is 1. The van der Waals surface area contributed by atoms with E-state index in [1.165, 1.54) is 35.6 Å². The van der Waals surface area contributed by atoms with Crippen molar-refractivity contribution in [2.24, 2.45) is 5.73 Å². The Morgan fingerprint density at radius 3 is 2.83 bits per heavy atom. The standard InChI is InChI=1S/C15H24N2S/c1-12-5-3-6-14(11-12)15(13(2)16)17-7-4-9-18-10-8-17/h3,5-6,11,13,15H,4,7-10,16H2,1-2H3. The monoisotopic (exact) mass is 264 g/mol. The van der Waals surface area contributed by atoms with Crippen molar-refractivity contribution in [2.45, 2.75) is 32.4 Å². The Bertz CT molecular complexity index is 371. The molecule has 3 heteroatoms. The summed E-state index contributed by atoms with van der Waals surface area (Å²) in [6, 6.07) is 9.34. The summed E-state index contributed by atoms with van der Waals surface area (Å²) in [5.74, 6) is 2.52. The van der Waals surface area contributed by atoms with Crippen LogP contribution in [0.3, 0.4) is 0 Å². The lowest BCUT2D eigenvalue weighted by Crippen LogP contribution is -2.40. The molecular formula is C15H24N2S. The molecule has 0 aliphatic carbocycles. The number of aryl methyl sites for hydroxylation is 1. The molecule has 0 spiro atoms. The molecule has 1 aromatic carbocycles. The summed E-state index contributed by atoms with van der Waals surface area (Å²) in [5, 5.41) is 0. The van der Waals surface area contributed by atoms with Gasteiger partial charge in [-0.1, -0.05) is 29.8 Å². The zero-order chi connectivity index (χ0) is 13.0.